The lowest BCUT2D eigenvalue weighted by molar-refractivity contribution is 0.104. The van der Waals surface area contributed by atoms with Crippen LogP contribution in [0.5, 0.6) is 5.75 Å². The van der Waals surface area contributed by atoms with E-state index < -0.39 is 0 Å². The number of nitrogen functional groups attached to an aromatic ring is 1. The third-order valence-electron chi connectivity index (χ3n) is 3.05. The van der Waals surface area contributed by atoms with Gasteiger partial charge in [0, 0.05) is 11.8 Å². The van der Waals surface area contributed by atoms with Gasteiger partial charge in [-0.05, 0) is 6.07 Å². The van der Waals surface area contributed by atoms with Crippen molar-refractivity contribution in [2.75, 3.05) is 12.8 Å². The molecule has 0 fully saturated rings. The van der Waals surface area contributed by atoms with Crippen LogP contribution in [0.2, 0.25) is 0 Å². The Bertz CT molecular complexity index is 781. The zero-order valence-electron chi connectivity index (χ0n) is 10.8. The maximum absolute atomic E-state index is 12.5. The van der Waals surface area contributed by atoms with Crippen molar-refractivity contribution in [3.8, 4) is 5.75 Å². The third kappa shape index (κ3) is 1.92. The second kappa shape index (κ2) is 4.94. The van der Waals surface area contributed by atoms with Crippen LogP contribution in [0, 0.1) is 0 Å². The summed E-state index contributed by atoms with van der Waals surface area (Å²) in [5.74, 6) is 0.545. The van der Waals surface area contributed by atoms with E-state index in [0.29, 0.717) is 32.1 Å². The van der Waals surface area contributed by atoms with Crippen molar-refractivity contribution in [2.45, 2.75) is 0 Å². The first-order valence-electron chi connectivity index (χ1n) is 6.03. The van der Waals surface area contributed by atoms with Crippen LogP contribution in [-0.2, 0) is 0 Å². The van der Waals surface area contributed by atoms with Crippen molar-refractivity contribution in [1.82, 2.24) is 4.98 Å². The fraction of sp³-hybridized carbons (Fsp3) is 0.0667. The van der Waals surface area contributed by atoms with E-state index in [4.69, 9.17) is 10.5 Å². The summed E-state index contributed by atoms with van der Waals surface area (Å²) in [5, 5.41) is 0.708. The van der Waals surface area contributed by atoms with E-state index >= 15 is 0 Å². The number of aromatic nitrogens is 1. The predicted octanol–water partition coefficient (Wildman–Crippen LogP) is 3.12. The summed E-state index contributed by atoms with van der Waals surface area (Å²) in [6, 6.07) is 10.8. The number of carbonyl (C=O) groups is 1. The molecule has 1 aromatic carbocycles. The number of ether oxygens (including phenoxy) is 1. The summed E-state index contributed by atoms with van der Waals surface area (Å²) in [7, 11) is 1.57. The van der Waals surface area contributed by atoms with Gasteiger partial charge in [0.15, 0.2) is 0 Å². The maximum atomic E-state index is 12.5. The molecule has 0 saturated heterocycles. The van der Waals surface area contributed by atoms with E-state index in [1.54, 1.807) is 31.5 Å². The first-order chi connectivity index (χ1) is 9.72. The van der Waals surface area contributed by atoms with Crippen molar-refractivity contribution in [2.24, 2.45) is 0 Å². The molecule has 2 heterocycles. The average Bonchev–Trinajstić information content (AvgIpc) is 2.85. The molecule has 20 heavy (non-hydrogen) atoms. The molecule has 0 unspecified atom stereocenters. The molecule has 0 aliphatic rings. The lowest BCUT2D eigenvalue weighted by Gasteiger charge is -2.02. The van der Waals surface area contributed by atoms with Crippen molar-refractivity contribution < 1.29 is 9.53 Å². The molecule has 0 spiro atoms. The Morgan fingerprint density at radius 3 is 2.70 bits per heavy atom. The Kier molecular flexibility index (Phi) is 3.12. The molecule has 0 aliphatic heterocycles. The molecule has 2 aromatic heterocycles. The number of nitrogens with zero attached hydrogens (tertiary/aromatic N) is 1. The van der Waals surface area contributed by atoms with Gasteiger partial charge in [0.25, 0.3) is 0 Å². The predicted molar refractivity (Wildman–Crippen MR) is 80.5 cm³/mol. The van der Waals surface area contributed by atoms with Crippen molar-refractivity contribution >= 4 is 33.0 Å². The standard InChI is InChI=1S/C15H12N2O2S/c1-19-10-7-8-17-15-11(10)12(16)14(20-15)13(18)9-5-3-2-4-6-9/h2-8H,16H2,1H3. The summed E-state index contributed by atoms with van der Waals surface area (Å²) in [6.45, 7) is 0. The topological polar surface area (TPSA) is 65.2 Å². The van der Waals surface area contributed by atoms with Crippen LogP contribution >= 0.6 is 11.3 Å². The molecule has 0 aliphatic carbocycles. The highest BCUT2D eigenvalue weighted by Crippen LogP contribution is 2.38. The quantitative estimate of drug-likeness (QED) is 0.750. The van der Waals surface area contributed by atoms with E-state index in [-0.39, 0.29) is 5.78 Å². The Morgan fingerprint density at radius 1 is 1.25 bits per heavy atom. The second-order valence-electron chi connectivity index (χ2n) is 4.23. The van der Waals surface area contributed by atoms with Gasteiger partial charge in [-0.15, -0.1) is 11.3 Å². The highest BCUT2D eigenvalue weighted by Gasteiger charge is 2.20. The van der Waals surface area contributed by atoms with Gasteiger partial charge in [-0.1, -0.05) is 30.3 Å². The fourth-order valence-corrected chi connectivity index (χ4v) is 3.12. The molecule has 2 N–H and O–H groups in total. The van der Waals surface area contributed by atoms with Gasteiger partial charge in [0.2, 0.25) is 5.78 Å². The van der Waals surface area contributed by atoms with Crippen LogP contribution in [-0.4, -0.2) is 17.9 Å². The normalized spacial score (nSPS) is 10.7. The first kappa shape index (κ1) is 12.6. The zero-order chi connectivity index (χ0) is 14.1. The molecule has 3 rings (SSSR count). The third-order valence-corrected chi connectivity index (χ3v) is 4.17. The summed E-state index contributed by atoms with van der Waals surface area (Å²) in [4.78, 5) is 18.0. The molecule has 0 radical (unpaired) electrons. The zero-order valence-corrected chi connectivity index (χ0v) is 11.6. The number of anilines is 1. The maximum Gasteiger partial charge on any atom is 0.205 e. The van der Waals surface area contributed by atoms with E-state index in [1.165, 1.54) is 11.3 Å². The molecular weight excluding hydrogens is 272 g/mol. The minimum atomic E-state index is -0.0897. The minimum Gasteiger partial charge on any atom is -0.496 e. The van der Waals surface area contributed by atoms with Gasteiger partial charge >= 0.3 is 0 Å². The summed E-state index contributed by atoms with van der Waals surface area (Å²) >= 11 is 1.29. The monoisotopic (exact) mass is 284 g/mol. The van der Waals surface area contributed by atoms with E-state index in [1.807, 2.05) is 18.2 Å². The number of hydrogen-bond acceptors (Lipinski definition) is 5. The smallest absolute Gasteiger partial charge is 0.205 e. The molecule has 100 valence electrons. The van der Waals surface area contributed by atoms with Gasteiger partial charge in [0.1, 0.15) is 15.5 Å². The SMILES string of the molecule is COc1ccnc2sc(C(=O)c3ccccc3)c(N)c12. The number of thiophene rings is 1. The van der Waals surface area contributed by atoms with Gasteiger partial charge < -0.3 is 10.5 Å². The van der Waals surface area contributed by atoms with Gasteiger partial charge in [0.05, 0.1) is 18.2 Å². The highest BCUT2D eigenvalue weighted by atomic mass is 32.1. The molecule has 5 heteroatoms. The lowest BCUT2D eigenvalue weighted by Crippen LogP contribution is -2.01. The van der Waals surface area contributed by atoms with E-state index in [9.17, 15) is 4.79 Å². The van der Waals surface area contributed by atoms with E-state index in [2.05, 4.69) is 4.98 Å². The van der Waals surface area contributed by atoms with Crippen molar-refractivity contribution in [3.63, 3.8) is 0 Å². The Balaban J connectivity index is 2.18. The second-order valence-corrected chi connectivity index (χ2v) is 5.23. The van der Waals surface area contributed by atoms with Crippen LogP contribution in [0.15, 0.2) is 42.6 Å². The molecule has 3 aromatic rings. The number of methoxy groups -OCH3 is 1. The number of ketones is 1. The fourth-order valence-electron chi connectivity index (χ4n) is 2.08. The number of carbonyl (C=O) groups excluding carboxylic acids is 1. The van der Waals surface area contributed by atoms with Gasteiger partial charge in [-0.3, -0.25) is 4.79 Å². The highest BCUT2D eigenvalue weighted by molar-refractivity contribution is 7.21. The Morgan fingerprint density at radius 2 is 2.00 bits per heavy atom. The summed E-state index contributed by atoms with van der Waals surface area (Å²) < 4.78 is 5.28. The van der Waals surface area contributed by atoms with Gasteiger partial charge in [-0.25, -0.2) is 4.98 Å². The number of nitrogens with two attached hydrogens (primary N) is 1. The van der Waals surface area contributed by atoms with Crippen LogP contribution in [0.25, 0.3) is 10.2 Å². The molecule has 0 saturated carbocycles. The lowest BCUT2D eigenvalue weighted by atomic mass is 10.1. The van der Waals surface area contributed by atoms with Gasteiger partial charge in [-0.2, -0.15) is 0 Å². The first-order valence-corrected chi connectivity index (χ1v) is 6.84. The number of fused-ring (bicyclic) bond motifs is 1. The number of rotatable bonds is 3. The number of hydrogen-bond donors (Lipinski definition) is 1. The summed E-state index contributed by atoms with van der Waals surface area (Å²) in [5.41, 5.74) is 7.17. The molecule has 0 amide bonds. The molecule has 4 nitrogen and oxygen atoms in total. The molecule has 0 bridgehead atoms. The van der Waals surface area contributed by atoms with E-state index in [0.717, 1.165) is 0 Å². The van der Waals surface area contributed by atoms with Crippen LogP contribution < -0.4 is 10.5 Å². The largest absolute Gasteiger partial charge is 0.496 e. The van der Waals surface area contributed by atoms with Crippen molar-refractivity contribution in [1.29, 1.82) is 0 Å². The molecular formula is C15H12N2O2S. The summed E-state index contributed by atoms with van der Waals surface area (Å²) in [6.07, 6.45) is 1.65. The van der Waals surface area contributed by atoms with Crippen LogP contribution in [0.3, 0.4) is 0 Å². The van der Waals surface area contributed by atoms with Crippen LogP contribution in [0.4, 0.5) is 5.69 Å². The van der Waals surface area contributed by atoms with Crippen molar-refractivity contribution in [3.05, 3.63) is 53.0 Å². The number of pyridine rings is 1. The Labute approximate surface area is 119 Å². The van der Waals surface area contributed by atoms with Crippen LogP contribution in [0.1, 0.15) is 15.2 Å². The molecule has 0 atom stereocenters. The minimum absolute atomic E-state index is 0.0897. The number of benzene rings is 1. The average molecular weight is 284 g/mol. The Hall–Kier alpha value is -2.40.